The molecule has 0 aliphatic heterocycles. The highest BCUT2D eigenvalue weighted by molar-refractivity contribution is 6.04. The molecule has 0 N–H and O–H groups in total. The van der Waals surface area contributed by atoms with Gasteiger partial charge >= 0.3 is 0 Å². The molecule has 6 heteroatoms. The largest absolute Gasteiger partial charge is 1.00 e. The van der Waals surface area contributed by atoms with Crippen molar-refractivity contribution in [1.29, 1.82) is 0 Å². The van der Waals surface area contributed by atoms with Gasteiger partial charge in [-0.05, 0) is 125 Å². The summed E-state index contributed by atoms with van der Waals surface area (Å²) in [5, 5.41) is 0. The fourth-order valence-electron chi connectivity index (χ4n) is 7.32. The first kappa shape index (κ1) is 48.1. The third-order valence-corrected chi connectivity index (χ3v) is 11.3. The van der Waals surface area contributed by atoms with Crippen molar-refractivity contribution in [2.45, 2.75) is 74.7 Å². The Labute approximate surface area is 345 Å². The van der Waals surface area contributed by atoms with Crippen LogP contribution in [0.25, 0.3) is 11.1 Å². The van der Waals surface area contributed by atoms with Gasteiger partial charge in [-0.2, -0.15) is 0 Å². The van der Waals surface area contributed by atoms with Gasteiger partial charge in [0, 0.05) is 0 Å². The lowest BCUT2D eigenvalue weighted by Gasteiger charge is -2.35. The minimum atomic E-state index is 0. The van der Waals surface area contributed by atoms with Gasteiger partial charge < -0.3 is 52.4 Å². The van der Waals surface area contributed by atoms with Crippen LogP contribution in [0.5, 0.6) is 11.5 Å². The molecule has 4 aromatic carbocycles. The van der Waals surface area contributed by atoms with Gasteiger partial charge in [-0.15, -0.1) is 0 Å². The molecule has 4 rings (SSSR count). The number of hydrogen-bond donors (Lipinski definition) is 0. The normalized spacial score (nSPS) is 11.7. The molecule has 0 heterocycles. The Hall–Kier alpha value is -2.90. The third-order valence-electron chi connectivity index (χ3n) is 11.3. The smallest absolute Gasteiger partial charge is 0.119 e. The second-order valence-corrected chi connectivity index (χ2v) is 13.7. The molecule has 0 unspecified atom stereocenters. The summed E-state index contributed by atoms with van der Waals surface area (Å²) in [6.07, 6.45) is 4.53. The van der Waals surface area contributed by atoms with Crippen molar-refractivity contribution < 1.29 is 52.4 Å². The fourth-order valence-corrected chi connectivity index (χ4v) is 7.32. The van der Waals surface area contributed by atoms with Crippen molar-refractivity contribution in [3.05, 3.63) is 131 Å². The Morgan fingerprint density at radius 3 is 0.962 bits per heavy atom. The van der Waals surface area contributed by atoms with Crippen molar-refractivity contribution in [3.8, 4) is 11.5 Å². The maximum Gasteiger partial charge on any atom is 0.119 e. The van der Waals surface area contributed by atoms with Crippen molar-refractivity contribution in [1.82, 2.24) is 0 Å². The van der Waals surface area contributed by atoms with Gasteiger partial charge in [0.2, 0.25) is 0 Å². The van der Waals surface area contributed by atoms with Crippen molar-refractivity contribution >= 4 is 11.1 Å². The zero-order valence-electron chi connectivity index (χ0n) is 32.8. The highest BCUT2D eigenvalue weighted by Gasteiger charge is 2.21. The molecule has 53 heavy (non-hydrogen) atoms. The lowest BCUT2D eigenvalue weighted by molar-refractivity contribution is -0.923. The molecule has 4 aromatic rings. The van der Waals surface area contributed by atoms with Gasteiger partial charge in [0.25, 0.3) is 0 Å². The first-order valence-corrected chi connectivity index (χ1v) is 19.5. The number of benzene rings is 4. The van der Waals surface area contributed by atoms with Crippen LogP contribution in [0.1, 0.15) is 96.9 Å². The Balaban J connectivity index is 0.00000468. The molecule has 0 saturated carbocycles. The predicted octanol–water partition coefficient (Wildman–Crippen LogP) is 5.41. The number of halogens is 2. The number of rotatable bonds is 22. The molecule has 4 nitrogen and oxygen atoms in total. The Kier molecular flexibility index (Phi) is 22.9. The first-order chi connectivity index (χ1) is 24.5. The predicted molar refractivity (Wildman–Crippen MR) is 220 cm³/mol. The quantitative estimate of drug-likeness (QED) is 0.0599. The third kappa shape index (κ3) is 13.7. The molecular weight excluding hydrogens is 784 g/mol. The van der Waals surface area contributed by atoms with Crippen molar-refractivity contribution in [2.75, 3.05) is 65.6 Å². The van der Waals surface area contributed by atoms with E-state index >= 15 is 0 Å². The molecule has 0 atom stereocenters. The van der Waals surface area contributed by atoms with Crippen LogP contribution in [0.3, 0.4) is 0 Å². The highest BCUT2D eigenvalue weighted by Crippen LogP contribution is 2.38. The molecule has 0 bridgehead atoms. The van der Waals surface area contributed by atoms with E-state index in [0.29, 0.717) is 0 Å². The number of ether oxygens (including phenoxy) is 2. The van der Waals surface area contributed by atoms with Crippen LogP contribution in [0.15, 0.2) is 109 Å². The first-order valence-electron chi connectivity index (χ1n) is 19.5. The zero-order valence-corrected chi connectivity index (χ0v) is 35.9. The summed E-state index contributed by atoms with van der Waals surface area (Å²) in [5.41, 5.74) is 7.11. The average Bonchev–Trinajstić information content (AvgIpc) is 3.18. The summed E-state index contributed by atoms with van der Waals surface area (Å²) in [6, 6.07) is 38.9. The van der Waals surface area contributed by atoms with Gasteiger partial charge in [-0.1, -0.05) is 92.4 Å². The molecule has 0 aliphatic carbocycles. The Morgan fingerprint density at radius 1 is 0.396 bits per heavy atom. The van der Waals surface area contributed by atoms with Crippen LogP contribution in [0.2, 0.25) is 0 Å². The second kappa shape index (κ2) is 25.2. The summed E-state index contributed by atoms with van der Waals surface area (Å²) < 4.78 is 14.9. The summed E-state index contributed by atoms with van der Waals surface area (Å²) in [4.78, 5) is 0. The van der Waals surface area contributed by atoms with Gasteiger partial charge in [0.1, 0.15) is 11.5 Å². The fraction of sp³-hybridized carbons (Fsp3) is 0.447. The summed E-state index contributed by atoms with van der Waals surface area (Å²) in [6.45, 7) is 25.0. The van der Waals surface area contributed by atoms with E-state index in [1.807, 2.05) is 0 Å². The van der Waals surface area contributed by atoms with E-state index in [2.05, 4.69) is 151 Å². The molecule has 0 radical (unpaired) electrons. The average molecular weight is 853 g/mol. The number of nitrogens with zero attached hydrogens (tertiary/aromatic N) is 2. The van der Waals surface area contributed by atoms with E-state index in [1.54, 1.807) is 0 Å². The molecule has 0 aromatic heterocycles. The summed E-state index contributed by atoms with van der Waals surface area (Å²) in [7, 11) is 0. The molecule has 0 amide bonds. The Morgan fingerprint density at radius 2 is 0.679 bits per heavy atom. The van der Waals surface area contributed by atoms with Crippen LogP contribution >= 0.6 is 0 Å². The van der Waals surface area contributed by atoms with Crippen LogP contribution in [0, 0.1) is 0 Å². The van der Waals surface area contributed by atoms with Gasteiger partial charge in [-0.3, -0.25) is 0 Å². The van der Waals surface area contributed by atoms with Crippen LogP contribution in [-0.2, 0) is 0 Å². The van der Waals surface area contributed by atoms with E-state index in [1.165, 1.54) is 108 Å². The van der Waals surface area contributed by atoms with Crippen molar-refractivity contribution in [3.63, 3.8) is 0 Å². The molecule has 0 saturated heterocycles. The van der Waals surface area contributed by atoms with Crippen LogP contribution in [-0.4, -0.2) is 74.5 Å². The van der Waals surface area contributed by atoms with E-state index in [0.717, 1.165) is 37.6 Å². The minimum absolute atomic E-state index is 0. The lowest BCUT2D eigenvalue weighted by atomic mass is 9.86. The maximum atomic E-state index is 6.25. The van der Waals surface area contributed by atoms with Gasteiger partial charge in [0.15, 0.2) is 0 Å². The van der Waals surface area contributed by atoms with Crippen molar-refractivity contribution in [2.24, 2.45) is 0 Å². The summed E-state index contributed by atoms with van der Waals surface area (Å²) >= 11 is 0. The molecule has 0 fully saturated rings. The number of quaternary nitrogens is 2. The SMILES string of the molecule is C.CC[N+](CC)(CC)CCCCOc1ccc(/C(=C(\c2ccccc2)c2ccc(OCCCC[N+](CC)(CC)CC)cc2)c2ccccc2)cc1.[Br-].[Br-]. The van der Waals surface area contributed by atoms with E-state index < -0.39 is 0 Å². The minimum Gasteiger partial charge on any atom is -1.00 e. The molecular formula is C47H68Br2N2O2. The van der Waals surface area contributed by atoms with Gasteiger partial charge in [0.05, 0.1) is 65.6 Å². The van der Waals surface area contributed by atoms with E-state index in [4.69, 9.17) is 9.47 Å². The monoisotopic (exact) mass is 850 g/mol. The highest BCUT2D eigenvalue weighted by atomic mass is 79.9. The molecule has 0 spiro atoms. The molecule has 292 valence electrons. The Bertz CT molecular complexity index is 1410. The zero-order chi connectivity index (χ0) is 35.7. The number of hydrogen-bond acceptors (Lipinski definition) is 2. The summed E-state index contributed by atoms with van der Waals surface area (Å²) in [5.74, 6) is 1.85. The second-order valence-electron chi connectivity index (χ2n) is 13.7. The van der Waals surface area contributed by atoms with E-state index in [9.17, 15) is 0 Å². The lowest BCUT2D eigenvalue weighted by Crippen LogP contribution is -3.00. The standard InChI is InChI=1S/C46H64N2O2.CH4.2BrH/c1-7-47(8-2,9-3)35-19-21-37-49-43-31-27-41(28-32-43)45(39-23-15-13-16-24-39)46(40-25-17-14-18-26-40)42-29-33-44(34-30-42)50-38-22-20-36-48(10-4,11-5)12-6;;;/h13-18,23-34H,7-12,19-22,35-38H2,1-6H3;1H4;2*1H/q+2;;;/p-2/b46-45+;;;. The number of unbranched alkanes of at least 4 members (excludes halogenated alkanes) is 2. The topological polar surface area (TPSA) is 18.5 Å². The van der Waals surface area contributed by atoms with Gasteiger partial charge in [-0.25, -0.2) is 0 Å². The molecule has 0 aliphatic rings. The van der Waals surface area contributed by atoms with Crippen LogP contribution in [0.4, 0.5) is 0 Å². The van der Waals surface area contributed by atoms with E-state index in [-0.39, 0.29) is 41.4 Å². The maximum absolute atomic E-state index is 6.25. The van der Waals surface area contributed by atoms with Crippen LogP contribution < -0.4 is 43.4 Å².